The van der Waals surface area contributed by atoms with E-state index in [4.69, 9.17) is 14.2 Å². The maximum Gasteiger partial charge on any atom is 0.339 e. The number of rotatable bonds is 5. The van der Waals surface area contributed by atoms with Crippen LogP contribution in [0.2, 0.25) is 0 Å². The van der Waals surface area contributed by atoms with Crippen LogP contribution >= 0.6 is 0 Å². The van der Waals surface area contributed by atoms with Crippen LogP contribution in [0.5, 0.6) is 11.5 Å². The van der Waals surface area contributed by atoms with Gasteiger partial charge in [0.05, 0.1) is 31.8 Å². The molecule has 0 aliphatic carbocycles. The summed E-state index contributed by atoms with van der Waals surface area (Å²) >= 11 is 0. The zero-order chi connectivity index (χ0) is 16.4. The molecule has 1 aliphatic rings. The third-order valence-corrected chi connectivity index (χ3v) is 3.85. The first-order valence-corrected chi connectivity index (χ1v) is 7.19. The topological polar surface area (TPSA) is 61.8 Å². The average molecular weight is 312 g/mol. The van der Waals surface area contributed by atoms with Crippen LogP contribution in [-0.2, 0) is 4.74 Å². The molecular formula is C18H16O5. The van der Waals surface area contributed by atoms with E-state index >= 15 is 0 Å². The molecule has 118 valence electrons. The quantitative estimate of drug-likeness (QED) is 0.627. The average Bonchev–Trinajstić information content (AvgIpc) is 2.90. The minimum atomic E-state index is -0.567. The molecule has 0 aromatic heterocycles. The summed E-state index contributed by atoms with van der Waals surface area (Å²) in [5.41, 5.74) is 1.67. The van der Waals surface area contributed by atoms with E-state index in [0.29, 0.717) is 22.6 Å². The van der Waals surface area contributed by atoms with Crippen molar-refractivity contribution in [2.24, 2.45) is 0 Å². The molecular weight excluding hydrogens is 296 g/mol. The summed E-state index contributed by atoms with van der Waals surface area (Å²) in [5, 5.41) is 0. The molecule has 0 unspecified atom stereocenters. The van der Waals surface area contributed by atoms with Gasteiger partial charge >= 0.3 is 5.97 Å². The number of hydrogen-bond donors (Lipinski definition) is 0. The SMILES string of the molecule is COc1ccc(OC)c(C(=O)C[C@@H]2OC(=O)c3ccccc32)c1. The summed E-state index contributed by atoms with van der Waals surface area (Å²) < 4.78 is 15.7. The molecule has 5 heteroatoms. The molecule has 0 N–H and O–H groups in total. The molecule has 3 rings (SSSR count). The van der Waals surface area contributed by atoms with Gasteiger partial charge in [-0.05, 0) is 24.3 Å². The Hall–Kier alpha value is -2.82. The third-order valence-electron chi connectivity index (χ3n) is 3.85. The van der Waals surface area contributed by atoms with Gasteiger partial charge in [-0.1, -0.05) is 18.2 Å². The van der Waals surface area contributed by atoms with Gasteiger partial charge in [0.1, 0.15) is 17.6 Å². The van der Waals surface area contributed by atoms with E-state index < -0.39 is 12.1 Å². The standard InChI is InChI=1S/C18H16O5/c1-21-11-7-8-16(22-2)14(9-11)15(19)10-17-12-5-3-4-6-13(12)18(20)23-17/h3-9,17H,10H2,1-2H3/t17-/m0/s1. The summed E-state index contributed by atoms with van der Waals surface area (Å²) in [7, 11) is 3.04. The monoisotopic (exact) mass is 312 g/mol. The predicted molar refractivity (Wildman–Crippen MR) is 83.1 cm³/mol. The van der Waals surface area contributed by atoms with E-state index in [2.05, 4.69) is 0 Å². The van der Waals surface area contributed by atoms with E-state index in [0.717, 1.165) is 5.56 Å². The Morgan fingerprint density at radius 2 is 1.91 bits per heavy atom. The summed E-state index contributed by atoms with van der Waals surface area (Å²) in [6.45, 7) is 0. The zero-order valence-electron chi connectivity index (χ0n) is 12.9. The number of ether oxygens (including phenoxy) is 3. The molecule has 0 radical (unpaired) electrons. The molecule has 1 aliphatic heterocycles. The van der Waals surface area contributed by atoms with Crippen LogP contribution in [0, 0.1) is 0 Å². The number of methoxy groups -OCH3 is 2. The fraction of sp³-hybridized carbons (Fsp3) is 0.222. The minimum absolute atomic E-state index is 0.0618. The number of hydrogen-bond acceptors (Lipinski definition) is 5. The van der Waals surface area contributed by atoms with Crippen molar-refractivity contribution >= 4 is 11.8 Å². The second kappa shape index (κ2) is 6.12. The Bertz CT molecular complexity index is 766. The number of carbonyl (C=O) groups excluding carboxylic acids is 2. The van der Waals surface area contributed by atoms with Gasteiger partial charge in [0.15, 0.2) is 5.78 Å². The predicted octanol–water partition coefficient (Wildman–Crippen LogP) is 3.19. The Morgan fingerprint density at radius 1 is 1.13 bits per heavy atom. The van der Waals surface area contributed by atoms with Gasteiger partial charge in [-0.25, -0.2) is 4.79 Å². The first-order chi connectivity index (χ1) is 11.1. The molecule has 23 heavy (non-hydrogen) atoms. The van der Waals surface area contributed by atoms with E-state index in [1.54, 1.807) is 36.4 Å². The van der Waals surface area contributed by atoms with Gasteiger partial charge in [0.25, 0.3) is 0 Å². The van der Waals surface area contributed by atoms with Crippen LogP contribution in [-0.4, -0.2) is 26.0 Å². The highest BCUT2D eigenvalue weighted by Crippen LogP contribution is 2.35. The second-order valence-corrected chi connectivity index (χ2v) is 5.17. The van der Waals surface area contributed by atoms with Gasteiger partial charge in [-0.2, -0.15) is 0 Å². The van der Waals surface area contributed by atoms with Gasteiger partial charge in [-0.15, -0.1) is 0 Å². The van der Waals surface area contributed by atoms with Gasteiger partial charge in [0, 0.05) is 5.56 Å². The maximum absolute atomic E-state index is 12.6. The Kier molecular flexibility index (Phi) is 4.02. The summed E-state index contributed by atoms with van der Waals surface area (Å²) in [6.07, 6.45) is -0.506. The molecule has 2 aromatic carbocycles. The van der Waals surface area contributed by atoms with Crippen molar-refractivity contribution in [2.45, 2.75) is 12.5 Å². The van der Waals surface area contributed by atoms with E-state index in [-0.39, 0.29) is 12.2 Å². The molecule has 5 nitrogen and oxygen atoms in total. The minimum Gasteiger partial charge on any atom is -0.497 e. The van der Waals surface area contributed by atoms with Gasteiger partial charge < -0.3 is 14.2 Å². The number of carbonyl (C=O) groups is 2. The summed E-state index contributed by atoms with van der Waals surface area (Å²) in [5.74, 6) is 0.470. The van der Waals surface area contributed by atoms with Gasteiger partial charge in [0.2, 0.25) is 0 Å². The lowest BCUT2D eigenvalue weighted by Crippen LogP contribution is -2.09. The number of fused-ring (bicyclic) bond motifs is 1. The lowest BCUT2D eigenvalue weighted by atomic mass is 9.98. The highest BCUT2D eigenvalue weighted by molar-refractivity contribution is 6.01. The maximum atomic E-state index is 12.6. The molecule has 1 atom stereocenters. The molecule has 0 saturated carbocycles. The number of Topliss-reactive ketones (excluding diaryl/α,β-unsaturated/α-hetero) is 1. The second-order valence-electron chi connectivity index (χ2n) is 5.17. The molecule has 0 amide bonds. The fourth-order valence-corrected chi connectivity index (χ4v) is 2.68. The summed E-state index contributed by atoms with van der Waals surface area (Å²) in [6, 6.07) is 12.1. The molecule has 0 spiro atoms. The van der Waals surface area contributed by atoms with Crippen molar-refractivity contribution in [1.82, 2.24) is 0 Å². The number of ketones is 1. The number of esters is 1. The zero-order valence-corrected chi connectivity index (χ0v) is 12.9. The van der Waals surface area contributed by atoms with E-state index in [1.165, 1.54) is 14.2 Å². The molecule has 0 bridgehead atoms. The van der Waals surface area contributed by atoms with Crippen molar-refractivity contribution < 1.29 is 23.8 Å². The molecule has 0 fully saturated rings. The Labute approximate surface area is 133 Å². The van der Waals surface area contributed by atoms with E-state index in [1.807, 2.05) is 6.07 Å². The number of cyclic esters (lactones) is 1. The molecule has 2 aromatic rings. The van der Waals surface area contributed by atoms with Crippen LogP contribution in [0.4, 0.5) is 0 Å². The largest absolute Gasteiger partial charge is 0.497 e. The first kappa shape index (κ1) is 15.1. The van der Waals surface area contributed by atoms with Crippen molar-refractivity contribution in [3.8, 4) is 11.5 Å². The van der Waals surface area contributed by atoms with Crippen LogP contribution in [0.3, 0.4) is 0 Å². The normalized spacial score (nSPS) is 15.7. The fourth-order valence-electron chi connectivity index (χ4n) is 2.68. The lowest BCUT2D eigenvalue weighted by Gasteiger charge is -2.13. The van der Waals surface area contributed by atoms with E-state index in [9.17, 15) is 9.59 Å². The van der Waals surface area contributed by atoms with Crippen molar-refractivity contribution in [2.75, 3.05) is 14.2 Å². The van der Waals surface area contributed by atoms with Crippen molar-refractivity contribution in [1.29, 1.82) is 0 Å². The highest BCUT2D eigenvalue weighted by Gasteiger charge is 2.32. The lowest BCUT2D eigenvalue weighted by molar-refractivity contribution is 0.0367. The molecule has 1 heterocycles. The smallest absolute Gasteiger partial charge is 0.339 e. The van der Waals surface area contributed by atoms with Gasteiger partial charge in [-0.3, -0.25) is 4.79 Å². The Morgan fingerprint density at radius 3 is 2.65 bits per heavy atom. The first-order valence-electron chi connectivity index (χ1n) is 7.19. The third kappa shape index (κ3) is 2.77. The van der Waals surface area contributed by atoms with Crippen molar-refractivity contribution in [3.63, 3.8) is 0 Å². The van der Waals surface area contributed by atoms with Crippen LogP contribution in [0.25, 0.3) is 0 Å². The highest BCUT2D eigenvalue weighted by atomic mass is 16.5. The van der Waals surface area contributed by atoms with Crippen LogP contribution in [0.15, 0.2) is 42.5 Å². The Balaban J connectivity index is 1.87. The van der Waals surface area contributed by atoms with Crippen LogP contribution < -0.4 is 9.47 Å². The number of benzene rings is 2. The van der Waals surface area contributed by atoms with Crippen LogP contribution in [0.1, 0.15) is 38.8 Å². The van der Waals surface area contributed by atoms with Crippen molar-refractivity contribution in [3.05, 3.63) is 59.2 Å². The molecule has 0 saturated heterocycles. The summed E-state index contributed by atoms with van der Waals surface area (Å²) in [4.78, 5) is 24.5.